The second-order valence-electron chi connectivity index (χ2n) is 15.3. The van der Waals surface area contributed by atoms with Gasteiger partial charge in [-0.25, -0.2) is 0 Å². The molecule has 0 saturated heterocycles. The van der Waals surface area contributed by atoms with E-state index < -0.39 is 0 Å². The molecule has 10 aromatic carbocycles. The largest absolute Gasteiger partial charge is 0.456 e. The van der Waals surface area contributed by atoms with Crippen LogP contribution in [-0.2, 0) is 0 Å². The quantitative estimate of drug-likeness (QED) is 0.153. The molecule has 0 radical (unpaired) electrons. The van der Waals surface area contributed by atoms with E-state index in [4.69, 9.17) is 4.42 Å². The number of benzene rings is 10. The Morgan fingerprint density at radius 2 is 0.767 bits per heavy atom. The molecule has 2 nitrogen and oxygen atoms in total. The van der Waals surface area contributed by atoms with Gasteiger partial charge in [-0.2, -0.15) is 0 Å². The van der Waals surface area contributed by atoms with Crippen LogP contribution in [-0.4, -0.2) is 0 Å². The summed E-state index contributed by atoms with van der Waals surface area (Å²) in [7, 11) is 0. The van der Waals surface area contributed by atoms with Gasteiger partial charge in [0.25, 0.3) is 0 Å². The van der Waals surface area contributed by atoms with Crippen LogP contribution in [0.2, 0.25) is 0 Å². The first-order valence-electron chi connectivity index (χ1n) is 20.5. The fraction of sp³-hybridized carbons (Fsp3) is 0. The molecule has 11 aromatic rings. The summed E-state index contributed by atoms with van der Waals surface area (Å²) in [5.41, 5.74) is 16.8. The van der Waals surface area contributed by atoms with E-state index in [9.17, 15) is 0 Å². The lowest BCUT2D eigenvalue weighted by Crippen LogP contribution is -2.11. The normalized spacial score (nSPS) is 11.3. The van der Waals surface area contributed by atoms with Crippen LogP contribution in [0.5, 0.6) is 0 Å². The Morgan fingerprint density at radius 1 is 0.267 bits per heavy atom. The van der Waals surface area contributed by atoms with Crippen molar-refractivity contribution >= 4 is 49.8 Å². The minimum absolute atomic E-state index is 0.891. The van der Waals surface area contributed by atoms with E-state index >= 15 is 0 Å². The van der Waals surface area contributed by atoms with Gasteiger partial charge in [-0.3, -0.25) is 0 Å². The molecular formula is C58H39NO. The van der Waals surface area contributed by atoms with Crippen molar-refractivity contribution < 1.29 is 4.42 Å². The van der Waals surface area contributed by atoms with E-state index in [1.807, 2.05) is 6.07 Å². The highest BCUT2D eigenvalue weighted by atomic mass is 16.3. The number of hydrogen-bond acceptors (Lipinski definition) is 2. The maximum atomic E-state index is 6.58. The first kappa shape index (κ1) is 35.2. The summed E-state index contributed by atoms with van der Waals surface area (Å²) in [6.07, 6.45) is 0. The van der Waals surface area contributed by atoms with Crippen LogP contribution in [0, 0.1) is 0 Å². The van der Waals surface area contributed by atoms with E-state index in [0.717, 1.165) is 61.3 Å². The Hall–Kier alpha value is -7.94. The van der Waals surface area contributed by atoms with Gasteiger partial charge in [0.1, 0.15) is 11.2 Å². The molecule has 0 bridgehead atoms. The molecule has 1 aromatic heterocycles. The highest BCUT2D eigenvalue weighted by molar-refractivity contribution is 6.22. The van der Waals surface area contributed by atoms with Crippen LogP contribution < -0.4 is 4.90 Å². The molecule has 11 rings (SSSR count). The Bertz CT molecular complexity index is 3280. The average molecular weight is 766 g/mol. The molecular weight excluding hydrogens is 727 g/mol. The Morgan fingerprint density at radius 3 is 1.47 bits per heavy atom. The molecule has 0 amide bonds. The number of furan rings is 1. The van der Waals surface area contributed by atoms with Crippen molar-refractivity contribution in [3.8, 4) is 55.6 Å². The van der Waals surface area contributed by atoms with E-state index in [-0.39, 0.29) is 0 Å². The van der Waals surface area contributed by atoms with Gasteiger partial charge >= 0.3 is 0 Å². The zero-order valence-corrected chi connectivity index (χ0v) is 32.9. The molecule has 0 aliphatic rings. The van der Waals surface area contributed by atoms with Gasteiger partial charge in [0.2, 0.25) is 0 Å². The van der Waals surface area contributed by atoms with Crippen LogP contribution in [0.15, 0.2) is 241 Å². The van der Waals surface area contributed by atoms with Crippen LogP contribution in [0.4, 0.5) is 17.1 Å². The second-order valence-corrected chi connectivity index (χ2v) is 15.3. The summed E-state index contributed by atoms with van der Waals surface area (Å²) in [6, 6.07) is 84.8. The molecule has 0 N–H and O–H groups in total. The van der Waals surface area contributed by atoms with Crippen LogP contribution >= 0.6 is 0 Å². The number of para-hydroxylation sites is 2. The van der Waals surface area contributed by atoms with Gasteiger partial charge in [-0.1, -0.05) is 182 Å². The topological polar surface area (TPSA) is 16.4 Å². The lowest BCUT2D eigenvalue weighted by Gasteiger charge is -2.28. The first-order valence-corrected chi connectivity index (χ1v) is 20.5. The SMILES string of the molecule is c1ccc(-c2ccc(N(c3ccc(-c4ccc5c(-c6cccc(-c7ccccc7)c6)cc6oc7ccccc7c6c5c4)cc3)c3ccccc3-c3ccccc3)cc2)cc1. The molecule has 60 heavy (non-hydrogen) atoms. The molecule has 0 unspecified atom stereocenters. The average Bonchev–Trinajstić information content (AvgIpc) is 3.72. The zero-order valence-electron chi connectivity index (χ0n) is 32.9. The van der Waals surface area contributed by atoms with Gasteiger partial charge in [0.15, 0.2) is 0 Å². The third-order valence-corrected chi connectivity index (χ3v) is 11.7. The summed E-state index contributed by atoms with van der Waals surface area (Å²) in [5, 5.41) is 4.64. The van der Waals surface area contributed by atoms with Gasteiger partial charge in [-0.15, -0.1) is 0 Å². The summed E-state index contributed by atoms with van der Waals surface area (Å²) < 4.78 is 6.58. The van der Waals surface area contributed by atoms with E-state index in [1.54, 1.807) is 0 Å². The van der Waals surface area contributed by atoms with Crippen LogP contribution in [0.1, 0.15) is 0 Å². The van der Waals surface area contributed by atoms with E-state index in [2.05, 4.69) is 235 Å². The minimum atomic E-state index is 0.891. The summed E-state index contributed by atoms with van der Waals surface area (Å²) >= 11 is 0. The molecule has 0 aliphatic heterocycles. The molecule has 0 atom stereocenters. The van der Waals surface area contributed by atoms with E-state index in [1.165, 1.54) is 44.2 Å². The molecule has 0 saturated carbocycles. The van der Waals surface area contributed by atoms with Crippen LogP contribution in [0.3, 0.4) is 0 Å². The smallest absolute Gasteiger partial charge is 0.136 e. The van der Waals surface area contributed by atoms with Crippen molar-refractivity contribution in [2.45, 2.75) is 0 Å². The number of anilines is 3. The number of rotatable bonds is 8. The molecule has 0 fully saturated rings. The van der Waals surface area contributed by atoms with Crippen molar-refractivity contribution in [1.29, 1.82) is 0 Å². The predicted molar refractivity (Wildman–Crippen MR) is 253 cm³/mol. The zero-order chi connectivity index (χ0) is 39.8. The number of hydrogen-bond donors (Lipinski definition) is 0. The maximum Gasteiger partial charge on any atom is 0.136 e. The van der Waals surface area contributed by atoms with Crippen molar-refractivity contribution in [1.82, 2.24) is 0 Å². The summed E-state index contributed by atoms with van der Waals surface area (Å²) in [6.45, 7) is 0. The summed E-state index contributed by atoms with van der Waals surface area (Å²) in [4.78, 5) is 2.37. The molecule has 0 aliphatic carbocycles. The fourth-order valence-corrected chi connectivity index (χ4v) is 8.75. The third-order valence-electron chi connectivity index (χ3n) is 11.7. The molecule has 0 spiro atoms. The van der Waals surface area contributed by atoms with Gasteiger partial charge in [0.05, 0.1) is 5.69 Å². The molecule has 1 heterocycles. The minimum Gasteiger partial charge on any atom is -0.456 e. The highest BCUT2D eigenvalue weighted by Crippen LogP contribution is 2.44. The van der Waals surface area contributed by atoms with Gasteiger partial charge < -0.3 is 9.32 Å². The Kier molecular flexibility index (Phi) is 8.87. The second kappa shape index (κ2) is 15.1. The standard InChI is InChI=1S/C58H39NO/c1-4-15-40(16-5-1)42-27-32-48(33-28-42)59(55-25-12-10-23-50(55)44-19-8-3-9-20-44)49-34-29-43(30-35-49)46-31-36-51-53(47-22-14-21-45(37-47)41-17-6-2-7-18-41)39-57-58(54(51)38-46)52-24-11-13-26-56(52)60-57/h1-39H. The highest BCUT2D eigenvalue weighted by Gasteiger charge is 2.19. The number of fused-ring (bicyclic) bond motifs is 5. The molecule has 2 heteroatoms. The van der Waals surface area contributed by atoms with Crippen molar-refractivity contribution in [3.63, 3.8) is 0 Å². The Balaban J connectivity index is 1.04. The third kappa shape index (κ3) is 6.41. The van der Waals surface area contributed by atoms with Crippen molar-refractivity contribution in [2.75, 3.05) is 4.90 Å². The fourth-order valence-electron chi connectivity index (χ4n) is 8.75. The van der Waals surface area contributed by atoms with E-state index in [0.29, 0.717) is 0 Å². The lowest BCUT2D eigenvalue weighted by molar-refractivity contribution is 0.669. The van der Waals surface area contributed by atoms with Gasteiger partial charge in [-0.05, 0) is 115 Å². The summed E-state index contributed by atoms with van der Waals surface area (Å²) in [5.74, 6) is 0. The lowest BCUT2D eigenvalue weighted by atomic mass is 9.91. The van der Waals surface area contributed by atoms with Gasteiger partial charge in [0, 0.05) is 27.7 Å². The van der Waals surface area contributed by atoms with Crippen molar-refractivity contribution in [2.24, 2.45) is 0 Å². The van der Waals surface area contributed by atoms with Crippen molar-refractivity contribution in [3.05, 3.63) is 237 Å². The monoisotopic (exact) mass is 765 g/mol. The first-order chi connectivity index (χ1) is 29.7. The number of nitrogens with zero attached hydrogens (tertiary/aromatic N) is 1. The Labute approximate surface area is 349 Å². The maximum absolute atomic E-state index is 6.58. The predicted octanol–water partition coefficient (Wildman–Crippen LogP) is 16.5. The van der Waals surface area contributed by atoms with Crippen LogP contribution in [0.25, 0.3) is 88.3 Å². The molecule has 282 valence electrons.